The summed E-state index contributed by atoms with van der Waals surface area (Å²) in [5.41, 5.74) is 0. The fourth-order valence-electron chi connectivity index (χ4n) is 3.64. The van der Waals surface area contributed by atoms with E-state index in [-0.39, 0.29) is 41.1 Å². The fourth-order valence-corrected chi connectivity index (χ4v) is 4.84. The Hall–Kier alpha value is -2.26. The second-order valence-corrected chi connectivity index (χ2v) is 9.75. The Morgan fingerprint density at radius 2 is 2.07 bits per heavy atom. The Morgan fingerprint density at radius 1 is 1.27 bits per heavy atom. The van der Waals surface area contributed by atoms with Crippen LogP contribution in [-0.4, -0.2) is 55.0 Å². The zero-order valence-electron chi connectivity index (χ0n) is 17.4. The molecule has 30 heavy (non-hydrogen) atoms. The molecular formula is C21H30N4O4S. The number of benzene rings is 1. The number of amides is 1. The van der Waals surface area contributed by atoms with E-state index in [2.05, 4.69) is 27.3 Å². The lowest BCUT2D eigenvalue weighted by atomic mass is 10.0. The topological polar surface area (TPSA) is 105 Å². The maximum Gasteiger partial charge on any atom is 0.227 e. The molecule has 3 rings (SSSR count). The molecule has 2 heterocycles. The molecule has 164 valence electrons. The zero-order chi connectivity index (χ0) is 21.4. The SMILES string of the molecule is C[C@@H]1CCCCN1CCCNC(=O)CCc1nc(CS(=O)(=O)c2ccccc2)no1. The smallest absolute Gasteiger partial charge is 0.227 e. The molecule has 1 fully saturated rings. The molecule has 0 saturated carbocycles. The molecule has 9 heteroatoms. The molecule has 1 aliphatic heterocycles. The number of carbonyl (C=O) groups is 1. The van der Waals surface area contributed by atoms with Crippen molar-refractivity contribution in [3.05, 3.63) is 42.0 Å². The first-order chi connectivity index (χ1) is 14.4. The number of hydrogen-bond donors (Lipinski definition) is 1. The minimum absolute atomic E-state index is 0.0710. The monoisotopic (exact) mass is 434 g/mol. The van der Waals surface area contributed by atoms with Crippen LogP contribution in [0.15, 0.2) is 39.8 Å². The van der Waals surface area contributed by atoms with Gasteiger partial charge in [-0.15, -0.1) is 0 Å². The summed E-state index contributed by atoms with van der Waals surface area (Å²) in [5, 5.41) is 6.66. The van der Waals surface area contributed by atoms with Crippen molar-refractivity contribution in [2.75, 3.05) is 19.6 Å². The van der Waals surface area contributed by atoms with E-state index in [0.717, 1.165) is 19.5 Å². The number of aromatic nitrogens is 2. The van der Waals surface area contributed by atoms with Crippen LogP contribution in [0.5, 0.6) is 0 Å². The molecule has 1 N–H and O–H groups in total. The fraction of sp³-hybridized carbons (Fsp3) is 0.571. The largest absolute Gasteiger partial charge is 0.356 e. The van der Waals surface area contributed by atoms with Gasteiger partial charge in [0.25, 0.3) is 0 Å². The molecule has 0 bridgehead atoms. The number of aryl methyl sites for hydroxylation is 1. The van der Waals surface area contributed by atoms with E-state index in [1.165, 1.54) is 31.4 Å². The lowest BCUT2D eigenvalue weighted by molar-refractivity contribution is -0.121. The van der Waals surface area contributed by atoms with Crippen LogP contribution in [0.1, 0.15) is 50.7 Å². The molecule has 1 aromatic heterocycles. The Bertz CT molecular complexity index is 914. The van der Waals surface area contributed by atoms with Crippen molar-refractivity contribution in [3.63, 3.8) is 0 Å². The molecular weight excluding hydrogens is 404 g/mol. The molecule has 1 saturated heterocycles. The summed E-state index contributed by atoms with van der Waals surface area (Å²) in [6.45, 7) is 5.06. The molecule has 2 aromatic rings. The van der Waals surface area contributed by atoms with Crippen molar-refractivity contribution in [2.45, 2.75) is 62.1 Å². The lowest BCUT2D eigenvalue weighted by Crippen LogP contribution is -2.39. The first kappa shape index (κ1) is 22.4. The molecule has 0 radical (unpaired) electrons. The molecule has 1 atom stereocenters. The highest BCUT2D eigenvalue weighted by molar-refractivity contribution is 7.90. The molecule has 0 aliphatic carbocycles. The Kier molecular flexibility index (Phi) is 7.98. The van der Waals surface area contributed by atoms with Gasteiger partial charge >= 0.3 is 0 Å². The van der Waals surface area contributed by atoms with E-state index in [4.69, 9.17) is 4.52 Å². The summed E-state index contributed by atoms with van der Waals surface area (Å²) < 4.78 is 29.8. The van der Waals surface area contributed by atoms with Gasteiger partial charge in [-0.1, -0.05) is 29.8 Å². The van der Waals surface area contributed by atoms with Crippen LogP contribution in [0.2, 0.25) is 0 Å². The molecule has 8 nitrogen and oxygen atoms in total. The Balaban J connectivity index is 1.37. The number of sulfone groups is 1. The standard InChI is InChI=1S/C21H30N4O4S/c1-17-8-5-6-14-25(17)15-7-13-22-20(26)11-12-21-23-19(24-29-21)16-30(27,28)18-9-3-2-4-10-18/h2-4,9-10,17H,5-8,11-16H2,1H3,(H,22,26)/t17-/m1/s1. The van der Waals surface area contributed by atoms with E-state index >= 15 is 0 Å². The van der Waals surface area contributed by atoms with Crippen LogP contribution in [0.4, 0.5) is 0 Å². The summed E-state index contributed by atoms with van der Waals surface area (Å²) in [6.07, 6.45) is 5.27. The summed E-state index contributed by atoms with van der Waals surface area (Å²) >= 11 is 0. The number of carbonyl (C=O) groups excluding carboxylic acids is 1. The minimum Gasteiger partial charge on any atom is -0.356 e. The van der Waals surface area contributed by atoms with Gasteiger partial charge in [0, 0.05) is 32.0 Å². The van der Waals surface area contributed by atoms with Crippen molar-refractivity contribution in [2.24, 2.45) is 0 Å². The third-order valence-electron chi connectivity index (χ3n) is 5.38. The molecule has 1 aromatic carbocycles. The highest BCUT2D eigenvalue weighted by Gasteiger charge is 2.20. The third-order valence-corrected chi connectivity index (χ3v) is 7.01. The van der Waals surface area contributed by atoms with Gasteiger partial charge in [0.2, 0.25) is 11.8 Å². The number of likely N-dealkylation sites (tertiary alicyclic amines) is 1. The molecule has 0 unspecified atom stereocenters. The van der Waals surface area contributed by atoms with Crippen LogP contribution in [0, 0.1) is 0 Å². The van der Waals surface area contributed by atoms with Gasteiger partial charge in [-0.3, -0.25) is 4.79 Å². The van der Waals surface area contributed by atoms with Crippen LogP contribution in [0.25, 0.3) is 0 Å². The van der Waals surface area contributed by atoms with Gasteiger partial charge in [0.1, 0.15) is 5.75 Å². The van der Waals surface area contributed by atoms with E-state index in [1.54, 1.807) is 18.2 Å². The van der Waals surface area contributed by atoms with Crippen LogP contribution < -0.4 is 5.32 Å². The first-order valence-electron chi connectivity index (χ1n) is 10.5. The normalized spacial score (nSPS) is 17.7. The summed E-state index contributed by atoms with van der Waals surface area (Å²) in [7, 11) is -3.53. The second kappa shape index (κ2) is 10.7. The average molecular weight is 435 g/mol. The number of nitrogens with zero attached hydrogens (tertiary/aromatic N) is 3. The highest BCUT2D eigenvalue weighted by Crippen LogP contribution is 2.16. The molecule has 1 aliphatic rings. The predicted octanol–water partition coefficient (Wildman–Crippen LogP) is 2.36. The van der Waals surface area contributed by atoms with Gasteiger partial charge in [-0.25, -0.2) is 8.42 Å². The van der Waals surface area contributed by atoms with Crippen LogP contribution >= 0.6 is 0 Å². The van der Waals surface area contributed by atoms with Crippen molar-refractivity contribution < 1.29 is 17.7 Å². The van der Waals surface area contributed by atoms with Crippen LogP contribution in [-0.2, 0) is 26.8 Å². The maximum atomic E-state index is 12.4. The number of rotatable bonds is 10. The van der Waals surface area contributed by atoms with E-state index in [1.807, 2.05) is 0 Å². The number of piperidine rings is 1. The highest BCUT2D eigenvalue weighted by atomic mass is 32.2. The molecule has 1 amide bonds. The molecule has 0 spiro atoms. The van der Waals surface area contributed by atoms with E-state index in [0.29, 0.717) is 12.6 Å². The van der Waals surface area contributed by atoms with Gasteiger partial charge in [0.05, 0.1) is 4.90 Å². The van der Waals surface area contributed by atoms with Gasteiger partial charge in [-0.05, 0) is 44.9 Å². The van der Waals surface area contributed by atoms with Crippen molar-refractivity contribution in [3.8, 4) is 0 Å². The number of nitrogens with one attached hydrogen (secondary N) is 1. The number of hydrogen-bond acceptors (Lipinski definition) is 7. The van der Waals surface area contributed by atoms with Gasteiger partial charge < -0.3 is 14.7 Å². The van der Waals surface area contributed by atoms with Crippen molar-refractivity contribution in [1.82, 2.24) is 20.4 Å². The maximum absolute atomic E-state index is 12.4. The van der Waals surface area contributed by atoms with Gasteiger partial charge in [0.15, 0.2) is 15.7 Å². The Labute approximate surface area is 178 Å². The zero-order valence-corrected chi connectivity index (χ0v) is 18.2. The summed E-state index contributed by atoms with van der Waals surface area (Å²) in [6, 6.07) is 8.79. The average Bonchev–Trinajstić information content (AvgIpc) is 3.18. The Morgan fingerprint density at radius 3 is 2.83 bits per heavy atom. The van der Waals surface area contributed by atoms with E-state index in [9.17, 15) is 13.2 Å². The predicted molar refractivity (Wildman–Crippen MR) is 112 cm³/mol. The van der Waals surface area contributed by atoms with Crippen LogP contribution in [0.3, 0.4) is 0 Å². The third kappa shape index (κ3) is 6.63. The first-order valence-corrected chi connectivity index (χ1v) is 12.2. The van der Waals surface area contributed by atoms with Gasteiger partial charge in [-0.2, -0.15) is 4.98 Å². The van der Waals surface area contributed by atoms with Crippen molar-refractivity contribution >= 4 is 15.7 Å². The quantitative estimate of drug-likeness (QED) is 0.572. The van der Waals surface area contributed by atoms with Crippen molar-refractivity contribution in [1.29, 1.82) is 0 Å². The second-order valence-electron chi connectivity index (χ2n) is 7.76. The van der Waals surface area contributed by atoms with E-state index < -0.39 is 9.84 Å². The lowest BCUT2D eigenvalue weighted by Gasteiger charge is -2.33. The minimum atomic E-state index is -3.53. The summed E-state index contributed by atoms with van der Waals surface area (Å²) in [5.74, 6) is -0.0319. The summed E-state index contributed by atoms with van der Waals surface area (Å²) in [4.78, 5) is 18.9.